The highest BCUT2D eigenvalue weighted by Gasteiger charge is 2.14. The minimum Gasteiger partial charge on any atom is -0.398 e. The van der Waals surface area contributed by atoms with Crippen LogP contribution in [0.1, 0.15) is 18.4 Å². The van der Waals surface area contributed by atoms with Crippen molar-refractivity contribution in [3.05, 3.63) is 28.2 Å². The van der Waals surface area contributed by atoms with Gasteiger partial charge in [-0.15, -0.1) is 0 Å². The van der Waals surface area contributed by atoms with Crippen molar-refractivity contribution >= 4 is 21.6 Å². The Morgan fingerprint density at radius 3 is 2.73 bits per heavy atom. The summed E-state index contributed by atoms with van der Waals surface area (Å²) in [4.78, 5) is 0. The van der Waals surface area contributed by atoms with Crippen molar-refractivity contribution < 1.29 is 0 Å². The van der Waals surface area contributed by atoms with Crippen LogP contribution in [0.5, 0.6) is 0 Å². The molecule has 0 unspecified atom stereocenters. The largest absolute Gasteiger partial charge is 0.398 e. The third-order valence-corrected chi connectivity index (χ3v) is 3.57. The van der Waals surface area contributed by atoms with Gasteiger partial charge < -0.3 is 11.1 Å². The summed E-state index contributed by atoms with van der Waals surface area (Å²) >= 11 is 3.43. The quantitative estimate of drug-likeness (QED) is 0.810. The van der Waals surface area contributed by atoms with Gasteiger partial charge in [0.25, 0.3) is 0 Å². The third-order valence-electron chi connectivity index (χ3n) is 3.08. The Kier molecular flexibility index (Phi) is 3.65. The van der Waals surface area contributed by atoms with Crippen LogP contribution in [0.25, 0.3) is 0 Å². The Balaban J connectivity index is 2.03. The first kappa shape index (κ1) is 11.0. The number of nitrogens with one attached hydrogen (secondary N) is 1. The molecule has 1 saturated heterocycles. The van der Waals surface area contributed by atoms with E-state index in [1.165, 1.54) is 18.4 Å². The summed E-state index contributed by atoms with van der Waals surface area (Å²) in [5.41, 5.74) is 8.21. The van der Waals surface area contributed by atoms with Crippen molar-refractivity contribution in [2.75, 3.05) is 18.8 Å². The maximum atomic E-state index is 5.99. The van der Waals surface area contributed by atoms with Gasteiger partial charge in [-0.1, -0.05) is 22.0 Å². The monoisotopic (exact) mass is 268 g/mol. The molecule has 1 heterocycles. The fraction of sp³-hybridized carbons (Fsp3) is 0.500. The molecule has 1 fully saturated rings. The first-order valence-electron chi connectivity index (χ1n) is 5.50. The highest BCUT2D eigenvalue weighted by molar-refractivity contribution is 9.10. The van der Waals surface area contributed by atoms with Crippen molar-refractivity contribution in [1.29, 1.82) is 0 Å². The summed E-state index contributed by atoms with van der Waals surface area (Å²) in [6, 6.07) is 6.21. The smallest absolute Gasteiger partial charge is 0.0357 e. The van der Waals surface area contributed by atoms with Gasteiger partial charge in [-0.05, 0) is 56.0 Å². The second-order valence-corrected chi connectivity index (χ2v) is 5.16. The number of hydrogen-bond donors (Lipinski definition) is 2. The molecule has 1 aromatic carbocycles. The Labute approximate surface area is 99.4 Å². The zero-order chi connectivity index (χ0) is 10.7. The lowest BCUT2D eigenvalue weighted by atomic mass is 9.90. The van der Waals surface area contributed by atoms with Crippen LogP contribution in [0, 0.1) is 5.92 Å². The Bertz CT molecular complexity index is 332. The molecule has 82 valence electrons. The van der Waals surface area contributed by atoms with Crippen molar-refractivity contribution in [1.82, 2.24) is 5.32 Å². The van der Waals surface area contributed by atoms with Gasteiger partial charge in [-0.3, -0.25) is 0 Å². The van der Waals surface area contributed by atoms with Gasteiger partial charge in [0.15, 0.2) is 0 Å². The highest BCUT2D eigenvalue weighted by atomic mass is 79.9. The van der Waals surface area contributed by atoms with E-state index in [0.717, 1.165) is 35.6 Å². The van der Waals surface area contributed by atoms with Gasteiger partial charge in [0.2, 0.25) is 0 Å². The number of rotatable bonds is 2. The van der Waals surface area contributed by atoms with E-state index < -0.39 is 0 Å². The van der Waals surface area contributed by atoms with E-state index >= 15 is 0 Å². The van der Waals surface area contributed by atoms with Crippen molar-refractivity contribution in [2.24, 2.45) is 5.92 Å². The van der Waals surface area contributed by atoms with Gasteiger partial charge in [-0.25, -0.2) is 0 Å². The molecule has 0 radical (unpaired) electrons. The van der Waals surface area contributed by atoms with E-state index in [4.69, 9.17) is 5.73 Å². The van der Waals surface area contributed by atoms with E-state index in [0.29, 0.717) is 0 Å². The summed E-state index contributed by atoms with van der Waals surface area (Å²) in [7, 11) is 0. The average molecular weight is 269 g/mol. The molecule has 0 spiro atoms. The molecule has 0 aromatic heterocycles. The molecule has 1 aromatic rings. The van der Waals surface area contributed by atoms with Crippen LogP contribution < -0.4 is 11.1 Å². The molecule has 0 aliphatic carbocycles. The Morgan fingerprint density at radius 1 is 1.33 bits per heavy atom. The molecule has 3 N–H and O–H groups in total. The lowest BCUT2D eigenvalue weighted by molar-refractivity contribution is 0.373. The van der Waals surface area contributed by atoms with E-state index in [-0.39, 0.29) is 0 Å². The molecule has 3 heteroatoms. The van der Waals surface area contributed by atoms with Crippen LogP contribution in [0.3, 0.4) is 0 Å². The summed E-state index contributed by atoms with van der Waals surface area (Å²) < 4.78 is 1.06. The van der Waals surface area contributed by atoms with Crippen LogP contribution in [-0.2, 0) is 6.42 Å². The third kappa shape index (κ3) is 2.95. The van der Waals surface area contributed by atoms with Crippen molar-refractivity contribution in [2.45, 2.75) is 19.3 Å². The molecule has 15 heavy (non-hydrogen) atoms. The molecular formula is C12H17BrN2. The number of benzene rings is 1. The Hall–Kier alpha value is -0.540. The van der Waals surface area contributed by atoms with E-state index in [9.17, 15) is 0 Å². The molecule has 0 amide bonds. The SMILES string of the molecule is Nc1cc(Br)ccc1CC1CCNCC1. The number of piperidine rings is 1. The number of anilines is 1. The van der Waals surface area contributed by atoms with Crippen LogP contribution >= 0.6 is 15.9 Å². The van der Waals surface area contributed by atoms with Crippen LogP contribution in [0.15, 0.2) is 22.7 Å². The van der Waals surface area contributed by atoms with E-state index in [2.05, 4.69) is 33.4 Å². The van der Waals surface area contributed by atoms with Gasteiger partial charge in [-0.2, -0.15) is 0 Å². The molecule has 1 aliphatic heterocycles. The molecule has 0 bridgehead atoms. The van der Waals surface area contributed by atoms with Crippen molar-refractivity contribution in [3.63, 3.8) is 0 Å². The normalized spacial score (nSPS) is 17.9. The van der Waals surface area contributed by atoms with Crippen LogP contribution in [0.4, 0.5) is 5.69 Å². The molecule has 2 rings (SSSR count). The molecule has 2 nitrogen and oxygen atoms in total. The fourth-order valence-corrected chi connectivity index (χ4v) is 2.53. The summed E-state index contributed by atoms with van der Waals surface area (Å²) in [5, 5.41) is 3.39. The second kappa shape index (κ2) is 4.99. The van der Waals surface area contributed by atoms with Crippen molar-refractivity contribution in [3.8, 4) is 0 Å². The topological polar surface area (TPSA) is 38.0 Å². The maximum Gasteiger partial charge on any atom is 0.0357 e. The van der Waals surface area contributed by atoms with E-state index in [1.807, 2.05) is 6.07 Å². The standard InChI is InChI=1S/C12H17BrN2/c13-11-2-1-10(12(14)8-11)7-9-3-5-15-6-4-9/h1-2,8-9,15H,3-7,14H2. The lowest BCUT2D eigenvalue weighted by Crippen LogP contribution is -2.28. The first-order chi connectivity index (χ1) is 7.25. The summed E-state index contributed by atoms with van der Waals surface area (Å²) in [6.07, 6.45) is 3.67. The minimum absolute atomic E-state index is 0.801. The second-order valence-electron chi connectivity index (χ2n) is 4.24. The highest BCUT2D eigenvalue weighted by Crippen LogP contribution is 2.24. The number of nitrogens with two attached hydrogens (primary N) is 1. The van der Waals surface area contributed by atoms with Gasteiger partial charge in [0.05, 0.1) is 0 Å². The van der Waals surface area contributed by atoms with Crippen LogP contribution in [-0.4, -0.2) is 13.1 Å². The van der Waals surface area contributed by atoms with Gasteiger partial charge in [0, 0.05) is 10.2 Å². The number of hydrogen-bond acceptors (Lipinski definition) is 2. The first-order valence-corrected chi connectivity index (χ1v) is 6.29. The molecule has 1 aliphatic rings. The van der Waals surface area contributed by atoms with Gasteiger partial charge in [0.1, 0.15) is 0 Å². The lowest BCUT2D eigenvalue weighted by Gasteiger charge is -2.23. The Morgan fingerprint density at radius 2 is 2.07 bits per heavy atom. The zero-order valence-corrected chi connectivity index (χ0v) is 10.4. The summed E-state index contributed by atoms with van der Waals surface area (Å²) in [5.74, 6) is 0.801. The maximum absolute atomic E-state index is 5.99. The minimum atomic E-state index is 0.801. The van der Waals surface area contributed by atoms with Gasteiger partial charge >= 0.3 is 0 Å². The molecule has 0 saturated carbocycles. The zero-order valence-electron chi connectivity index (χ0n) is 8.80. The number of halogens is 1. The summed E-state index contributed by atoms with van der Waals surface area (Å²) in [6.45, 7) is 2.31. The average Bonchev–Trinajstić information content (AvgIpc) is 2.24. The predicted octanol–water partition coefficient (Wildman–Crippen LogP) is 2.57. The fourth-order valence-electron chi connectivity index (χ4n) is 2.15. The molecule has 0 atom stereocenters. The molecular weight excluding hydrogens is 252 g/mol. The van der Waals surface area contributed by atoms with E-state index in [1.54, 1.807) is 0 Å². The number of nitrogen functional groups attached to an aromatic ring is 1. The predicted molar refractivity (Wildman–Crippen MR) is 67.9 cm³/mol. The van der Waals surface area contributed by atoms with Crippen LogP contribution in [0.2, 0.25) is 0 Å².